The lowest BCUT2D eigenvalue weighted by molar-refractivity contribution is 0.324. The van der Waals surface area contributed by atoms with E-state index >= 15 is 0 Å². The van der Waals surface area contributed by atoms with Crippen molar-refractivity contribution in [2.45, 2.75) is 6.92 Å². The molecule has 0 amide bonds. The molecule has 2 aromatic carbocycles. The summed E-state index contributed by atoms with van der Waals surface area (Å²) in [5.74, 6) is 2.10. The summed E-state index contributed by atoms with van der Waals surface area (Å²) in [6.07, 6.45) is 0. The number of rotatable bonds is 6. The molecule has 4 aromatic rings. The maximum atomic E-state index is 6.09. The first-order valence-corrected chi connectivity index (χ1v) is 9.51. The molecule has 0 fully saturated rings. The lowest BCUT2D eigenvalue weighted by Crippen LogP contribution is -2.02. The number of hydrogen-bond donors (Lipinski definition) is 2. The van der Waals surface area contributed by atoms with Crippen LogP contribution in [0, 0.1) is 6.92 Å². The lowest BCUT2D eigenvalue weighted by Gasteiger charge is -2.14. The quantitative estimate of drug-likeness (QED) is 0.495. The number of fused-ring (bicyclic) bond motifs is 1. The highest BCUT2D eigenvalue weighted by Gasteiger charge is 2.17. The molecule has 4 rings (SSSR count). The zero-order chi connectivity index (χ0) is 20.5. The number of methoxy groups -OCH3 is 3. The number of nitrogen functional groups attached to an aromatic ring is 1. The van der Waals surface area contributed by atoms with Crippen LogP contribution in [0.1, 0.15) is 5.56 Å². The van der Waals surface area contributed by atoms with Gasteiger partial charge in [-0.15, -0.1) is 5.10 Å². The van der Waals surface area contributed by atoms with Crippen LogP contribution in [0.2, 0.25) is 0 Å². The van der Waals surface area contributed by atoms with Crippen molar-refractivity contribution in [3.05, 3.63) is 35.9 Å². The molecule has 0 aliphatic rings. The molecule has 2 heterocycles. The van der Waals surface area contributed by atoms with Crippen molar-refractivity contribution < 1.29 is 14.2 Å². The van der Waals surface area contributed by atoms with E-state index in [0.717, 1.165) is 15.8 Å². The van der Waals surface area contributed by atoms with Crippen molar-refractivity contribution in [2.75, 3.05) is 32.4 Å². The van der Waals surface area contributed by atoms with E-state index in [1.807, 2.05) is 25.1 Å². The third-order valence-electron chi connectivity index (χ3n) is 4.34. The average Bonchev–Trinajstić information content (AvgIpc) is 3.31. The molecule has 0 radical (unpaired) electrons. The minimum Gasteiger partial charge on any atom is -0.493 e. The number of aryl methyl sites for hydroxylation is 1. The first kappa shape index (κ1) is 18.8. The van der Waals surface area contributed by atoms with Crippen LogP contribution in [0.25, 0.3) is 15.3 Å². The molecule has 0 aliphatic carbocycles. The fraction of sp³-hybridized carbons (Fsp3) is 0.211. The molecule has 0 unspecified atom stereocenters. The van der Waals surface area contributed by atoms with Crippen LogP contribution in [0.4, 0.5) is 17.6 Å². The Hall–Kier alpha value is -3.53. The number of nitrogens with one attached hydrogen (secondary N) is 1. The van der Waals surface area contributed by atoms with E-state index < -0.39 is 0 Å². The number of anilines is 3. The minimum atomic E-state index is 0.233. The zero-order valence-electron chi connectivity index (χ0n) is 16.4. The Morgan fingerprint density at radius 2 is 1.76 bits per heavy atom. The van der Waals surface area contributed by atoms with Gasteiger partial charge in [-0.1, -0.05) is 23.5 Å². The molecular weight excluding hydrogens is 392 g/mol. The second-order valence-electron chi connectivity index (χ2n) is 6.16. The van der Waals surface area contributed by atoms with Crippen LogP contribution < -0.4 is 25.3 Å². The fourth-order valence-electron chi connectivity index (χ4n) is 2.97. The van der Waals surface area contributed by atoms with Gasteiger partial charge in [0, 0.05) is 17.8 Å². The normalized spacial score (nSPS) is 10.9. The standard InChI is InChI=1S/C19H20N6O3S/c1-10-6-5-7-14-15(10)22-19(29-14)25-17(20)23-18(24-25)21-11-8-12(26-2)16(28-4)13(9-11)27-3/h5-9H,1-4H3,(H3,20,21,23,24). The smallest absolute Gasteiger partial charge is 0.248 e. The SMILES string of the molecule is COc1cc(Nc2nc(N)n(-c3nc4c(C)cccc4s3)n2)cc(OC)c1OC. The van der Waals surface area contributed by atoms with Gasteiger partial charge in [-0.05, 0) is 18.6 Å². The van der Waals surface area contributed by atoms with E-state index in [1.165, 1.54) is 16.0 Å². The van der Waals surface area contributed by atoms with Crippen LogP contribution in [0.5, 0.6) is 17.2 Å². The Labute approximate surface area is 171 Å². The lowest BCUT2D eigenvalue weighted by atomic mass is 10.2. The van der Waals surface area contributed by atoms with Crippen molar-refractivity contribution >= 4 is 39.1 Å². The third-order valence-corrected chi connectivity index (χ3v) is 5.34. The molecule has 150 valence electrons. The first-order chi connectivity index (χ1) is 14.0. The van der Waals surface area contributed by atoms with Gasteiger partial charge in [-0.25, -0.2) is 4.98 Å². The molecule has 0 bridgehead atoms. The van der Waals surface area contributed by atoms with Crippen molar-refractivity contribution in [1.29, 1.82) is 0 Å². The molecule has 0 saturated heterocycles. The fourth-order valence-corrected chi connectivity index (χ4v) is 3.97. The highest BCUT2D eigenvalue weighted by molar-refractivity contribution is 7.20. The highest BCUT2D eigenvalue weighted by atomic mass is 32.1. The van der Waals surface area contributed by atoms with Crippen LogP contribution in [-0.4, -0.2) is 41.1 Å². The van der Waals surface area contributed by atoms with Gasteiger partial charge < -0.3 is 25.3 Å². The summed E-state index contributed by atoms with van der Waals surface area (Å²) in [5, 5.41) is 8.23. The molecule has 0 spiro atoms. The molecule has 9 nitrogen and oxygen atoms in total. The predicted molar refractivity (Wildman–Crippen MR) is 113 cm³/mol. The summed E-state index contributed by atoms with van der Waals surface area (Å²) in [7, 11) is 4.67. The van der Waals surface area contributed by atoms with Gasteiger partial charge in [-0.3, -0.25) is 0 Å². The van der Waals surface area contributed by atoms with E-state index in [4.69, 9.17) is 19.9 Å². The molecular formula is C19H20N6O3S. The first-order valence-electron chi connectivity index (χ1n) is 8.70. The van der Waals surface area contributed by atoms with Crippen molar-refractivity contribution in [1.82, 2.24) is 19.7 Å². The number of nitrogens with zero attached hydrogens (tertiary/aromatic N) is 4. The number of thiazole rings is 1. The maximum absolute atomic E-state index is 6.09. The van der Waals surface area contributed by atoms with Crippen LogP contribution in [0.15, 0.2) is 30.3 Å². The largest absolute Gasteiger partial charge is 0.493 e. The molecule has 10 heteroatoms. The monoisotopic (exact) mass is 412 g/mol. The summed E-state index contributed by atoms with van der Waals surface area (Å²) >= 11 is 1.50. The molecule has 3 N–H and O–H groups in total. The molecule has 0 saturated carbocycles. The molecule has 0 atom stereocenters. The Morgan fingerprint density at radius 3 is 2.38 bits per heavy atom. The minimum absolute atomic E-state index is 0.233. The van der Waals surface area contributed by atoms with Crippen LogP contribution in [-0.2, 0) is 0 Å². The van der Waals surface area contributed by atoms with Gasteiger partial charge in [0.25, 0.3) is 0 Å². The Morgan fingerprint density at radius 1 is 1.03 bits per heavy atom. The van der Waals surface area contributed by atoms with Gasteiger partial charge in [-0.2, -0.15) is 9.67 Å². The molecule has 0 aliphatic heterocycles. The van der Waals surface area contributed by atoms with Crippen molar-refractivity contribution in [3.63, 3.8) is 0 Å². The summed E-state index contributed by atoms with van der Waals surface area (Å²) in [6.45, 7) is 2.02. The van der Waals surface area contributed by atoms with Crippen molar-refractivity contribution in [3.8, 4) is 22.4 Å². The number of ether oxygens (including phenoxy) is 3. The zero-order valence-corrected chi connectivity index (χ0v) is 17.2. The van der Waals surface area contributed by atoms with Gasteiger partial charge in [0.15, 0.2) is 11.5 Å². The second kappa shape index (κ2) is 7.47. The summed E-state index contributed by atoms with van der Waals surface area (Å²) in [5.41, 5.74) is 8.78. The van der Waals surface area contributed by atoms with Crippen LogP contribution >= 0.6 is 11.3 Å². The van der Waals surface area contributed by atoms with Crippen LogP contribution in [0.3, 0.4) is 0 Å². The molecule has 29 heavy (non-hydrogen) atoms. The van der Waals surface area contributed by atoms with E-state index in [0.29, 0.717) is 34.0 Å². The highest BCUT2D eigenvalue weighted by Crippen LogP contribution is 2.40. The third kappa shape index (κ3) is 3.38. The Bertz CT molecular complexity index is 1160. The van der Waals surface area contributed by atoms with Gasteiger partial charge in [0.05, 0.1) is 31.5 Å². The van der Waals surface area contributed by atoms with Gasteiger partial charge in [0.2, 0.25) is 22.8 Å². The topological polar surface area (TPSA) is 109 Å². The van der Waals surface area contributed by atoms with E-state index in [-0.39, 0.29) is 5.95 Å². The van der Waals surface area contributed by atoms with E-state index in [1.54, 1.807) is 33.5 Å². The Balaban J connectivity index is 1.69. The summed E-state index contributed by atoms with van der Waals surface area (Å²) < 4.78 is 18.7. The summed E-state index contributed by atoms with van der Waals surface area (Å²) in [6, 6.07) is 9.57. The number of benzene rings is 2. The second-order valence-corrected chi connectivity index (χ2v) is 7.17. The van der Waals surface area contributed by atoms with E-state index in [9.17, 15) is 0 Å². The number of para-hydroxylation sites is 1. The number of aromatic nitrogens is 4. The summed E-state index contributed by atoms with van der Waals surface area (Å²) in [4.78, 5) is 8.96. The maximum Gasteiger partial charge on any atom is 0.248 e. The average molecular weight is 412 g/mol. The van der Waals surface area contributed by atoms with E-state index in [2.05, 4.69) is 20.4 Å². The number of hydrogen-bond acceptors (Lipinski definition) is 9. The van der Waals surface area contributed by atoms with Gasteiger partial charge >= 0.3 is 0 Å². The predicted octanol–water partition coefficient (Wildman–Crippen LogP) is 3.54. The Kier molecular flexibility index (Phi) is 4.85. The molecule has 2 aromatic heterocycles. The van der Waals surface area contributed by atoms with Crippen molar-refractivity contribution in [2.24, 2.45) is 0 Å². The van der Waals surface area contributed by atoms with Gasteiger partial charge in [0.1, 0.15) is 0 Å². The number of nitrogens with two attached hydrogens (primary N) is 1.